The summed E-state index contributed by atoms with van der Waals surface area (Å²) in [5.74, 6) is 0.381. The van der Waals surface area contributed by atoms with Crippen molar-refractivity contribution in [1.29, 1.82) is 0 Å². The Morgan fingerprint density at radius 3 is 3.00 bits per heavy atom. The first-order chi connectivity index (χ1) is 7.18. The lowest BCUT2D eigenvalue weighted by molar-refractivity contribution is -0.118. The molecule has 5 heteroatoms. The van der Waals surface area contributed by atoms with Crippen LogP contribution in [0, 0.1) is 5.92 Å². The highest BCUT2D eigenvalue weighted by Crippen LogP contribution is 2.28. The Morgan fingerprint density at radius 1 is 1.47 bits per heavy atom. The summed E-state index contributed by atoms with van der Waals surface area (Å²) in [6.07, 6.45) is 3.93. The number of nitrogens with zero attached hydrogens (tertiary/aromatic N) is 3. The topological polar surface area (TPSA) is 67.2 Å². The summed E-state index contributed by atoms with van der Waals surface area (Å²) in [4.78, 5) is 23.7. The molecule has 1 N–H and O–H groups in total. The van der Waals surface area contributed by atoms with E-state index < -0.39 is 0 Å². The van der Waals surface area contributed by atoms with Gasteiger partial charge in [-0.2, -0.15) is 0 Å². The van der Waals surface area contributed by atoms with E-state index in [0.717, 1.165) is 5.69 Å². The number of hydrogen-bond acceptors (Lipinski definition) is 4. The third-order valence-corrected chi connectivity index (χ3v) is 2.17. The van der Waals surface area contributed by atoms with Crippen molar-refractivity contribution in [3.05, 3.63) is 12.0 Å². The summed E-state index contributed by atoms with van der Waals surface area (Å²) < 4.78 is 0. The average molecular weight is 204 g/mol. The first-order valence-electron chi connectivity index (χ1n) is 4.85. The summed E-state index contributed by atoms with van der Waals surface area (Å²) in [7, 11) is 0. The van der Waals surface area contributed by atoms with Crippen molar-refractivity contribution < 1.29 is 4.79 Å². The molecule has 1 aliphatic rings. The summed E-state index contributed by atoms with van der Waals surface area (Å²) in [5, 5.41) is 2.74. The second kappa shape index (κ2) is 3.76. The fourth-order valence-corrected chi connectivity index (χ4v) is 1.28. The molecule has 1 aromatic heterocycles. The first kappa shape index (κ1) is 9.76. The van der Waals surface area contributed by atoms with E-state index >= 15 is 0 Å². The van der Waals surface area contributed by atoms with Crippen molar-refractivity contribution in [2.24, 2.45) is 10.9 Å². The van der Waals surface area contributed by atoms with Crippen LogP contribution >= 0.6 is 0 Å². The zero-order valence-corrected chi connectivity index (χ0v) is 8.69. The van der Waals surface area contributed by atoms with Crippen LogP contribution in [0.1, 0.15) is 19.5 Å². The van der Waals surface area contributed by atoms with Crippen molar-refractivity contribution >= 4 is 23.6 Å². The molecule has 0 spiro atoms. The standard InChI is InChI=1S/C10H12N4O/c1-6(2)10(15)14-9-8-7(3-4-11-8)12-5-13-9/h4-6H,3H2,1-2H3,(H,12,13,14,15). The van der Waals surface area contributed by atoms with Crippen LogP contribution in [0.25, 0.3) is 0 Å². The van der Waals surface area contributed by atoms with Crippen molar-refractivity contribution in [2.75, 3.05) is 5.32 Å². The van der Waals surface area contributed by atoms with Gasteiger partial charge in [0, 0.05) is 18.6 Å². The largest absolute Gasteiger partial charge is 0.309 e. The number of amides is 1. The molecule has 15 heavy (non-hydrogen) atoms. The molecule has 1 amide bonds. The maximum Gasteiger partial charge on any atom is 0.228 e. The van der Waals surface area contributed by atoms with E-state index in [1.54, 1.807) is 6.21 Å². The number of hydrogen-bond donors (Lipinski definition) is 1. The van der Waals surface area contributed by atoms with Gasteiger partial charge in [0.1, 0.15) is 12.0 Å². The van der Waals surface area contributed by atoms with Crippen LogP contribution < -0.4 is 5.32 Å². The molecule has 5 nitrogen and oxygen atoms in total. The molecule has 0 aliphatic carbocycles. The van der Waals surface area contributed by atoms with Crippen molar-refractivity contribution in [3.8, 4) is 0 Å². The van der Waals surface area contributed by atoms with Gasteiger partial charge in [0.15, 0.2) is 5.82 Å². The SMILES string of the molecule is CC(C)C(=O)Nc1ncnc2c1N=CC2. The molecule has 0 bridgehead atoms. The number of carbonyl (C=O) groups is 1. The fraction of sp³-hybridized carbons (Fsp3) is 0.400. The summed E-state index contributed by atoms with van der Waals surface area (Å²) >= 11 is 0. The van der Waals surface area contributed by atoms with Gasteiger partial charge < -0.3 is 5.32 Å². The van der Waals surface area contributed by atoms with E-state index in [1.165, 1.54) is 6.33 Å². The number of carbonyl (C=O) groups excluding carboxylic acids is 1. The van der Waals surface area contributed by atoms with Gasteiger partial charge in [-0.05, 0) is 0 Å². The monoisotopic (exact) mass is 204 g/mol. The number of aromatic nitrogens is 2. The van der Waals surface area contributed by atoms with E-state index in [1.807, 2.05) is 13.8 Å². The van der Waals surface area contributed by atoms with Crippen LogP contribution in [0.15, 0.2) is 11.3 Å². The number of nitrogens with one attached hydrogen (secondary N) is 1. The maximum atomic E-state index is 11.5. The number of anilines is 1. The van der Waals surface area contributed by atoms with E-state index in [4.69, 9.17) is 0 Å². The van der Waals surface area contributed by atoms with Gasteiger partial charge in [0.25, 0.3) is 0 Å². The smallest absolute Gasteiger partial charge is 0.228 e. The highest BCUT2D eigenvalue weighted by molar-refractivity contribution is 5.95. The average Bonchev–Trinajstić information content (AvgIpc) is 2.66. The fourth-order valence-electron chi connectivity index (χ4n) is 1.28. The Balaban J connectivity index is 2.26. The Bertz CT molecular complexity index is 425. The van der Waals surface area contributed by atoms with Crippen LogP contribution in [0.2, 0.25) is 0 Å². The minimum absolute atomic E-state index is 0.0574. The van der Waals surface area contributed by atoms with Crippen LogP contribution in [-0.4, -0.2) is 22.1 Å². The zero-order chi connectivity index (χ0) is 10.8. The lowest BCUT2D eigenvalue weighted by atomic mass is 10.2. The first-order valence-corrected chi connectivity index (χ1v) is 4.85. The molecule has 1 aromatic rings. The second-order valence-electron chi connectivity index (χ2n) is 3.68. The maximum absolute atomic E-state index is 11.5. The normalized spacial score (nSPS) is 13.0. The highest BCUT2D eigenvalue weighted by atomic mass is 16.1. The molecule has 0 aromatic carbocycles. The molecule has 0 atom stereocenters. The molecule has 0 saturated carbocycles. The lowest BCUT2D eigenvalue weighted by Crippen LogP contribution is -2.18. The summed E-state index contributed by atoms with van der Waals surface area (Å²) in [6.45, 7) is 3.67. The van der Waals surface area contributed by atoms with Crippen molar-refractivity contribution in [3.63, 3.8) is 0 Å². The van der Waals surface area contributed by atoms with Crippen LogP contribution in [-0.2, 0) is 11.2 Å². The molecule has 2 rings (SSSR count). The molecule has 78 valence electrons. The minimum Gasteiger partial charge on any atom is -0.309 e. The highest BCUT2D eigenvalue weighted by Gasteiger charge is 2.16. The predicted molar refractivity (Wildman–Crippen MR) is 57.4 cm³/mol. The number of aliphatic imine (C=N–C) groups is 1. The summed E-state index contributed by atoms with van der Waals surface area (Å²) in [5.41, 5.74) is 1.55. The van der Waals surface area contributed by atoms with Gasteiger partial charge in [0.05, 0.1) is 5.69 Å². The second-order valence-corrected chi connectivity index (χ2v) is 3.68. The van der Waals surface area contributed by atoms with Gasteiger partial charge in [-0.1, -0.05) is 13.8 Å². The molecule has 0 radical (unpaired) electrons. The van der Waals surface area contributed by atoms with Crippen molar-refractivity contribution in [2.45, 2.75) is 20.3 Å². The molecule has 0 fully saturated rings. The van der Waals surface area contributed by atoms with Crippen LogP contribution in [0.5, 0.6) is 0 Å². The van der Waals surface area contributed by atoms with Gasteiger partial charge >= 0.3 is 0 Å². The Hall–Kier alpha value is -1.78. The lowest BCUT2D eigenvalue weighted by Gasteiger charge is -2.08. The van der Waals surface area contributed by atoms with Crippen LogP contribution in [0.3, 0.4) is 0 Å². The molecule has 0 unspecified atom stereocenters. The summed E-state index contributed by atoms with van der Waals surface area (Å²) in [6, 6.07) is 0. The van der Waals surface area contributed by atoms with Gasteiger partial charge in [-0.3, -0.25) is 9.79 Å². The van der Waals surface area contributed by atoms with E-state index in [9.17, 15) is 4.79 Å². The molecular formula is C10H12N4O. The van der Waals surface area contributed by atoms with Crippen LogP contribution in [0.4, 0.5) is 11.5 Å². The van der Waals surface area contributed by atoms with Gasteiger partial charge in [-0.15, -0.1) is 0 Å². The Labute approximate surface area is 87.7 Å². The molecular weight excluding hydrogens is 192 g/mol. The van der Waals surface area contributed by atoms with Gasteiger partial charge in [-0.25, -0.2) is 9.97 Å². The van der Waals surface area contributed by atoms with E-state index in [-0.39, 0.29) is 11.8 Å². The molecule has 1 aliphatic heterocycles. The quantitative estimate of drug-likeness (QED) is 0.790. The third-order valence-electron chi connectivity index (χ3n) is 2.17. The third kappa shape index (κ3) is 1.86. The van der Waals surface area contributed by atoms with E-state index in [0.29, 0.717) is 17.9 Å². The van der Waals surface area contributed by atoms with E-state index in [2.05, 4.69) is 20.3 Å². The number of fused-ring (bicyclic) bond motifs is 1. The molecule has 2 heterocycles. The minimum atomic E-state index is -0.0685. The Morgan fingerprint density at radius 2 is 2.27 bits per heavy atom. The predicted octanol–water partition coefficient (Wildman–Crippen LogP) is 1.33. The Kier molecular flexibility index (Phi) is 2.45. The molecule has 0 saturated heterocycles. The zero-order valence-electron chi connectivity index (χ0n) is 8.69. The number of rotatable bonds is 2. The van der Waals surface area contributed by atoms with Crippen molar-refractivity contribution in [1.82, 2.24) is 9.97 Å². The van der Waals surface area contributed by atoms with Gasteiger partial charge in [0.2, 0.25) is 5.91 Å².